The van der Waals surface area contributed by atoms with Crippen molar-refractivity contribution in [3.63, 3.8) is 0 Å². The number of H-pyrrole nitrogens is 1. The molecule has 0 saturated heterocycles. The molecular formula is C17H23N3O3S. The topological polar surface area (TPSA) is 106 Å². The van der Waals surface area contributed by atoms with E-state index in [1.165, 1.54) is 26.0 Å². The van der Waals surface area contributed by atoms with E-state index in [9.17, 15) is 13.2 Å². The number of rotatable bonds is 4. The van der Waals surface area contributed by atoms with Gasteiger partial charge in [0.1, 0.15) is 4.75 Å². The molecule has 1 aromatic heterocycles. The maximum absolute atomic E-state index is 13.1. The molecule has 1 fully saturated rings. The SMILES string of the molecule is CC(C)(C(=O)C1CCCCC1)S(=O)(=O)c1ccc2nc(N)[nH]c2c1. The lowest BCUT2D eigenvalue weighted by Gasteiger charge is -2.30. The van der Waals surface area contributed by atoms with Gasteiger partial charge in [-0.25, -0.2) is 13.4 Å². The van der Waals surface area contributed by atoms with Crippen molar-refractivity contribution in [2.24, 2.45) is 5.92 Å². The number of carbonyl (C=O) groups excluding carboxylic acids is 1. The minimum Gasteiger partial charge on any atom is -0.369 e. The second-order valence-electron chi connectivity index (χ2n) is 7.01. The predicted molar refractivity (Wildman–Crippen MR) is 93.4 cm³/mol. The van der Waals surface area contributed by atoms with Crippen molar-refractivity contribution in [2.75, 3.05) is 5.73 Å². The zero-order valence-corrected chi connectivity index (χ0v) is 14.8. The van der Waals surface area contributed by atoms with Gasteiger partial charge in [-0.3, -0.25) is 4.79 Å². The lowest BCUT2D eigenvalue weighted by Crippen LogP contribution is -2.44. The highest BCUT2D eigenvalue weighted by molar-refractivity contribution is 7.93. The molecule has 1 saturated carbocycles. The largest absolute Gasteiger partial charge is 0.369 e. The van der Waals surface area contributed by atoms with E-state index in [1.54, 1.807) is 6.07 Å². The van der Waals surface area contributed by atoms with Crippen molar-refractivity contribution in [3.05, 3.63) is 18.2 Å². The van der Waals surface area contributed by atoms with Crippen molar-refractivity contribution >= 4 is 32.6 Å². The van der Waals surface area contributed by atoms with Crippen LogP contribution in [0.4, 0.5) is 5.95 Å². The molecule has 0 amide bonds. The molecule has 0 bridgehead atoms. The number of benzene rings is 1. The highest BCUT2D eigenvalue weighted by Gasteiger charge is 2.45. The molecule has 24 heavy (non-hydrogen) atoms. The Morgan fingerprint density at radius 1 is 1.25 bits per heavy atom. The van der Waals surface area contributed by atoms with E-state index in [4.69, 9.17) is 5.73 Å². The molecule has 1 aliphatic carbocycles. The summed E-state index contributed by atoms with van der Waals surface area (Å²) < 4.78 is 24.8. The fourth-order valence-corrected chi connectivity index (χ4v) is 5.00. The third kappa shape index (κ3) is 2.70. The first-order chi connectivity index (χ1) is 11.2. The van der Waals surface area contributed by atoms with Gasteiger partial charge in [-0.2, -0.15) is 0 Å². The lowest BCUT2D eigenvalue weighted by atomic mass is 9.82. The first kappa shape index (κ1) is 17.0. The number of hydrogen-bond acceptors (Lipinski definition) is 5. The number of Topliss-reactive ketones (excluding diaryl/α,β-unsaturated/α-hetero) is 1. The smallest absolute Gasteiger partial charge is 0.198 e. The van der Waals surface area contributed by atoms with Gasteiger partial charge in [0.2, 0.25) is 0 Å². The predicted octanol–water partition coefficient (Wildman–Crippen LogP) is 2.85. The summed E-state index contributed by atoms with van der Waals surface area (Å²) in [4.78, 5) is 19.9. The Morgan fingerprint density at radius 3 is 2.58 bits per heavy atom. The van der Waals surface area contributed by atoms with Crippen LogP contribution in [0.5, 0.6) is 0 Å². The van der Waals surface area contributed by atoms with Gasteiger partial charge in [-0.1, -0.05) is 19.3 Å². The normalized spacial score (nSPS) is 17.2. The number of anilines is 1. The van der Waals surface area contributed by atoms with Crippen LogP contribution in [0.15, 0.2) is 23.1 Å². The third-order valence-electron chi connectivity index (χ3n) is 5.02. The zero-order chi connectivity index (χ0) is 17.5. The summed E-state index contributed by atoms with van der Waals surface area (Å²) in [7, 11) is -3.81. The molecule has 7 heteroatoms. The summed E-state index contributed by atoms with van der Waals surface area (Å²) in [5, 5.41) is 0. The highest BCUT2D eigenvalue weighted by Crippen LogP contribution is 2.34. The number of fused-ring (bicyclic) bond motifs is 1. The number of ketones is 1. The number of carbonyl (C=O) groups is 1. The van der Waals surface area contributed by atoms with Gasteiger partial charge in [0.25, 0.3) is 0 Å². The monoisotopic (exact) mass is 349 g/mol. The van der Waals surface area contributed by atoms with Crippen LogP contribution in [0.1, 0.15) is 46.0 Å². The van der Waals surface area contributed by atoms with Crippen LogP contribution >= 0.6 is 0 Å². The zero-order valence-electron chi connectivity index (χ0n) is 14.0. The molecule has 3 N–H and O–H groups in total. The summed E-state index contributed by atoms with van der Waals surface area (Å²) in [5.74, 6) is -0.0985. The van der Waals surface area contributed by atoms with Crippen LogP contribution in [-0.2, 0) is 14.6 Å². The van der Waals surface area contributed by atoms with Crippen LogP contribution in [0.25, 0.3) is 11.0 Å². The molecule has 6 nitrogen and oxygen atoms in total. The molecule has 1 aromatic carbocycles. The number of nitrogens with one attached hydrogen (secondary N) is 1. The summed E-state index contributed by atoms with van der Waals surface area (Å²) in [6, 6.07) is 4.61. The Labute approximate surface area is 141 Å². The third-order valence-corrected chi connectivity index (χ3v) is 7.44. The average molecular weight is 349 g/mol. The number of nitrogens with zero attached hydrogens (tertiary/aromatic N) is 1. The molecule has 0 radical (unpaired) electrons. The summed E-state index contributed by atoms with van der Waals surface area (Å²) in [6.07, 6.45) is 4.68. The van der Waals surface area contributed by atoms with Crippen LogP contribution in [-0.4, -0.2) is 28.9 Å². The van der Waals surface area contributed by atoms with Crippen LogP contribution in [0, 0.1) is 5.92 Å². The van der Waals surface area contributed by atoms with Crippen molar-refractivity contribution < 1.29 is 13.2 Å². The quantitative estimate of drug-likeness (QED) is 0.883. The maximum atomic E-state index is 13.1. The number of nitrogen functional groups attached to an aromatic ring is 1. The van der Waals surface area contributed by atoms with Crippen molar-refractivity contribution in [1.29, 1.82) is 0 Å². The Balaban J connectivity index is 1.98. The van der Waals surface area contributed by atoms with E-state index in [1.807, 2.05) is 0 Å². The summed E-state index contributed by atoms with van der Waals surface area (Å²) in [5.41, 5.74) is 6.76. The van der Waals surface area contributed by atoms with E-state index in [-0.39, 0.29) is 22.5 Å². The van der Waals surface area contributed by atoms with Crippen molar-refractivity contribution in [2.45, 2.75) is 55.6 Å². The first-order valence-corrected chi connectivity index (χ1v) is 9.76. The number of imidazole rings is 1. The van der Waals surface area contributed by atoms with E-state index in [0.717, 1.165) is 32.1 Å². The number of aromatic amines is 1. The molecule has 1 heterocycles. The Kier molecular flexibility index (Phi) is 4.15. The molecule has 0 atom stereocenters. The van der Waals surface area contributed by atoms with Gasteiger partial charge in [-0.15, -0.1) is 0 Å². The molecule has 130 valence electrons. The van der Waals surface area contributed by atoms with Crippen molar-refractivity contribution in [3.8, 4) is 0 Å². The number of aromatic nitrogens is 2. The van der Waals surface area contributed by atoms with E-state index in [0.29, 0.717) is 11.0 Å². The molecular weight excluding hydrogens is 326 g/mol. The first-order valence-electron chi connectivity index (χ1n) is 8.27. The van der Waals surface area contributed by atoms with E-state index < -0.39 is 14.6 Å². The summed E-state index contributed by atoms with van der Waals surface area (Å²) in [6.45, 7) is 3.04. The standard InChI is InChI=1S/C17H23N3O3S/c1-17(2,15(21)11-6-4-3-5-7-11)24(22,23)12-8-9-13-14(10-12)20-16(18)19-13/h8-11H,3-7H2,1-2H3,(H3,18,19,20). The average Bonchev–Trinajstić information content (AvgIpc) is 2.93. The van der Waals surface area contributed by atoms with Gasteiger partial charge in [-0.05, 0) is 44.9 Å². The second kappa shape index (κ2) is 5.88. The molecule has 0 spiro atoms. The number of hydrogen-bond donors (Lipinski definition) is 2. The summed E-state index contributed by atoms with van der Waals surface area (Å²) >= 11 is 0. The Bertz CT molecular complexity index is 878. The van der Waals surface area contributed by atoms with E-state index in [2.05, 4.69) is 9.97 Å². The van der Waals surface area contributed by atoms with E-state index >= 15 is 0 Å². The number of nitrogens with two attached hydrogens (primary N) is 1. The minimum atomic E-state index is -3.81. The van der Waals surface area contributed by atoms with Crippen molar-refractivity contribution in [1.82, 2.24) is 9.97 Å². The second-order valence-corrected chi connectivity index (χ2v) is 9.51. The number of sulfone groups is 1. The molecule has 0 unspecified atom stereocenters. The Hall–Kier alpha value is -1.89. The van der Waals surface area contributed by atoms with Gasteiger partial charge >= 0.3 is 0 Å². The van der Waals surface area contributed by atoms with Crippen LogP contribution in [0.3, 0.4) is 0 Å². The Morgan fingerprint density at radius 2 is 1.92 bits per heavy atom. The molecule has 3 rings (SSSR count). The highest BCUT2D eigenvalue weighted by atomic mass is 32.2. The fourth-order valence-electron chi connectivity index (χ4n) is 3.46. The van der Waals surface area contributed by atoms with Crippen LogP contribution in [0.2, 0.25) is 0 Å². The fraction of sp³-hybridized carbons (Fsp3) is 0.529. The van der Waals surface area contributed by atoms with Gasteiger partial charge in [0.15, 0.2) is 21.6 Å². The lowest BCUT2D eigenvalue weighted by molar-refractivity contribution is -0.125. The van der Waals surface area contributed by atoms with Gasteiger partial charge in [0, 0.05) is 5.92 Å². The van der Waals surface area contributed by atoms with Crippen LogP contribution < -0.4 is 5.73 Å². The minimum absolute atomic E-state index is 0.118. The molecule has 1 aliphatic rings. The van der Waals surface area contributed by atoms with Gasteiger partial charge < -0.3 is 10.7 Å². The van der Waals surface area contributed by atoms with Gasteiger partial charge in [0.05, 0.1) is 15.9 Å². The molecule has 0 aliphatic heterocycles. The maximum Gasteiger partial charge on any atom is 0.198 e. The molecule has 2 aromatic rings.